The number of para-hydroxylation sites is 1. The van der Waals surface area contributed by atoms with Crippen LogP contribution < -0.4 is 37.2 Å². The van der Waals surface area contributed by atoms with Gasteiger partial charge in [0.05, 0.1) is 29.7 Å². The number of carbonyl (C=O) groups is 5. The number of pyridine rings is 1. The number of piperazine rings is 1. The van der Waals surface area contributed by atoms with E-state index >= 15 is 0 Å². The minimum Gasteiger partial charge on any atom is -0.353 e. The number of likely N-dealkylation sites (tertiary alicyclic amines) is 1. The van der Waals surface area contributed by atoms with E-state index in [9.17, 15) is 37.1 Å². The number of anilines is 3. The summed E-state index contributed by atoms with van der Waals surface area (Å²) in [5.41, 5.74) is 6.23. The summed E-state index contributed by atoms with van der Waals surface area (Å²) in [6.07, 6.45) is 14.7. The maximum Gasteiger partial charge on any atom is 0.253 e. The molecule has 426 valence electrons. The van der Waals surface area contributed by atoms with Crippen molar-refractivity contribution in [2.24, 2.45) is 11.1 Å². The van der Waals surface area contributed by atoms with Crippen molar-refractivity contribution in [3.05, 3.63) is 96.1 Å². The average Bonchev–Trinajstić information content (AvgIpc) is 4.05. The minimum atomic E-state index is -1.23. The van der Waals surface area contributed by atoms with Crippen LogP contribution in [0.25, 0.3) is 0 Å². The lowest BCUT2D eigenvalue weighted by Gasteiger charge is -2.41. The number of nitrogens with two attached hydrogens (primary N) is 1. The Balaban J connectivity index is 0.748. The van der Waals surface area contributed by atoms with Gasteiger partial charge in [0.15, 0.2) is 0 Å². The summed E-state index contributed by atoms with van der Waals surface area (Å²) in [5.74, 6) is -3.45. The van der Waals surface area contributed by atoms with Crippen LogP contribution in [-0.4, -0.2) is 136 Å². The third-order valence-electron chi connectivity index (χ3n) is 15.9. The Bertz CT molecular complexity index is 2720. The molecular weight excluding hydrogens is 1030 g/mol. The first-order chi connectivity index (χ1) is 37.8. The Labute approximate surface area is 466 Å². The Morgan fingerprint density at radius 1 is 0.810 bits per heavy atom. The van der Waals surface area contributed by atoms with Crippen molar-refractivity contribution in [2.75, 3.05) is 48.8 Å². The van der Waals surface area contributed by atoms with Crippen molar-refractivity contribution in [3.8, 4) is 0 Å². The molecule has 3 saturated heterocycles. The number of halogens is 3. The molecule has 4 aromatic rings. The highest BCUT2D eigenvalue weighted by Gasteiger charge is 2.46. The van der Waals surface area contributed by atoms with Crippen LogP contribution in [0.1, 0.15) is 133 Å². The van der Waals surface area contributed by atoms with E-state index < -0.39 is 82.7 Å². The monoisotopic (exact) mass is 1110 g/mol. The number of nitrogens with one attached hydrogen (secondary N) is 5. The molecule has 7 N–H and O–H groups in total. The molecule has 2 bridgehead atoms. The number of alkyl halides is 1. The molecule has 0 radical (unpaired) electrons. The zero-order chi connectivity index (χ0) is 56.4. The molecule has 4 aliphatic rings. The van der Waals surface area contributed by atoms with E-state index in [0.29, 0.717) is 36.9 Å². The molecule has 8 rings (SSSR count). The van der Waals surface area contributed by atoms with E-state index in [1.165, 1.54) is 28.9 Å². The van der Waals surface area contributed by atoms with Crippen molar-refractivity contribution >= 4 is 58.5 Å². The molecule has 2 aromatic heterocycles. The van der Waals surface area contributed by atoms with Gasteiger partial charge in [-0.05, 0) is 120 Å². The van der Waals surface area contributed by atoms with E-state index in [0.717, 1.165) is 117 Å². The fraction of sp³-hybridized carbons (Fsp3) is 0.552. The summed E-state index contributed by atoms with van der Waals surface area (Å²) >= 11 is 1.46. The van der Waals surface area contributed by atoms with Crippen LogP contribution >= 0.6 is 11.8 Å². The second-order valence-electron chi connectivity index (χ2n) is 22.8. The average molecular weight is 1110 g/mol. The van der Waals surface area contributed by atoms with Crippen LogP contribution in [0.15, 0.2) is 83.1 Å². The number of aromatic nitrogens is 3. The van der Waals surface area contributed by atoms with E-state index in [4.69, 9.17) is 10.7 Å². The van der Waals surface area contributed by atoms with Gasteiger partial charge in [0.25, 0.3) is 5.91 Å². The fourth-order valence-electron chi connectivity index (χ4n) is 11.3. The topological polar surface area (TPSA) is 220 Å². The Morgan fingerprint density at radius 3 is 2.18 bits per heavy atom. The van der Waals surface area contributed by atoms with Crippen LogP contribution in [0, 0.1) is 17.0 Å². The van der Waals surface area contributed by atoms with Gasteiger partial charge in [-0.15, -0.1) is 0 Å². The van der Waals surface area contributed by atoms with Gasteiger partial charge < -0.3 is 42.1 Å². The molecule has 5 unspecified atom stereocenters. The van der Waals surface area contributed by atoms with E-state index in [2.05, 4.69) is 46.4 Å². The summed E-state index contributed by atoms with van der Waals surface area (Å²) in [4.78, 5) is 88.7. The third kappa shape index (κ3) is 15.4. The van der Waals surface area contributed by atoms with E-state index in [1.807, 2.05) is 30.3 Å². The molecule has 17 nitrogen and oxygen atoms in total. The standard InChI is InChI=1S/C58H77F3N12O5S/c1-35(63-5)54(75)70-53(58(2,3)4)57(78)73-32-39(28-48(73)56(77)69-52-43(59)16-13-17-44(52)60)68-55(76)37-20-24-49(65-29-37)71-33-40-21-22-41(34-71)72(40)25-11-9-7-6-8-10-18-50(74)67-38-14-12-15-42(27-38)79-51-31-64-47(30-66-51)36-19-23-46(62)45(61)26-36/h12-17,20,24,27,29-31,35-36,39-41,45-46,48,53,63H,6-11,18-19,21-23,25-26,28,32-34,62H2,1-5H3,(H,67,74)(H,68,76)(H,69,77)(H,70,75)/t35-,36?,39+,40?,41?,45?,46?,48-,53+/m1/s1. The number of hydrogen-bond donors (Lipinski definition) is 6. The molecule has 2 aromatic carbocycles. The third-order valence-corrected chi connectivity index (χ3v) is 16.8. The summed E-state index contributed by atoms with van der Waals surface area (Å²) < 4.78 is 43.6. The normalized spacial score (nSPS) is 23.0. The lowest BCUT2D eigenvalue weighted by Crippen LogP contribution is -2.59. The maximum absolute atomic E-state index is 14.7. The minimum absolute atomic E-state index is 0.00316. The molecule has 79 heavy (non-hydrogen) atoms. The summed E-state index contributed by atoms with van der Waals surface area (Å²) in [6.45, 7) is 9.60. The number of rotatable bonds is 22. The Morgan fingerprint density at radius 2 is 1.52 bits per heavy atom. The largest absolute Gasteiger partial charge is 0.353 e. The molecule has 1 aliphatic carbocycles. The van der Waals surface area contributed by atoms with E-state index in [1.54, 1.807) is 53.2 Å². The molecule has 0 spiro atoms. The van der Waals surface area contributed by atoms with Gasteiger partial charge in [-0.25, -0.2) is 23.1 Å². The number of amides is 5. The summed E-state index contributed by atoms with van der Waals surface area (Å²) in [5, 5.41) is 14.7. The molecule has 3 aliphatic heterocycles. The number of likely N-dealkylation sites (N-methyl/N-ethyl adjacent to an activating group) is 1. The molecule has 5 amide bonds. The molecule has 9 atom stereocenters. The Hall–Kier alpha value is -6.16. The van der Waals surface area contributed by atoms with Crippen molar-refractivity contribution in [1.29, 1.82) is 0 Å². The van der Waals surface area contributed by atoms with Crippen LogP contribution in [0.2, 0.25) is 0 Å². The quantitative estimate of drug-likeness (QED) is 0.0416. The molecule has 5 heterocycles. The first-order valence-electron chi connectivity index (χ1n) is 27.9. The first-order valence-corrected chi connectivity index (χ1v) is 28.8. The summed E-state index contributed by atoms with van der Waals surface area (Å²) in [7, 11) is 1.62. The van der Waals surface area contributed by atoms with E-state index in [-0.39, 0.29) is 24.8 Å². The van der Waals surface area contributed by atoms with Gasteiger partial charge in [0.2, 0.25) is 23.6 Å². The predicted octanol–water partition coefficient (Wildman–Crippen LogP) is 7.73. The molecule has 1 saturated carbocycles. The lowest BCUT2D eigenvalue weighted by molar-refractivity contribution is -0.143. The van der Waals surface area contributed by atoms with Crippen molar-refractivity contribution in [3.63, 3.8) is 0 Å². The predicted molar refractivity (Wildman–Crippen MR) is 299 cm³/mol. The zero-order valence-electron chi connectivity index (χ0n) is 46.0. The highest BCUT2D eigenvalue weighted by molar-refractivity contribution is 7.99. The van der Waals surface area contributed by atoms with Gasteiger partial charge in [-0.1, -0.05) is 70.3 Å². The van der Waals surface area contributed by atoms with Gasteiger partial charge in [0.1, 0.15) is 46.4 Å². The fourth-order valence-corrected chi connectivity index (χ4v) is 12.0. The van der Waals surface area contributed by atoms with Crippen LogP contribution in [0.5, 0.6) is 0 Å². The van der Waals surface area contributed by atoms with Crippen LogP contribution in [-0.2, 0) is 19.2 Å². The number of benzene rings is 2. The smallest absolute Gasteiger partial charge is 0.253 e. The Kier molecular flexibility index (Phi) is 20.1. The van der Waals surface area contributed by atoms with Gasteiger partial charge >= 0.3 is 0 Å². The molecule has 21 heteroatoms. The number of unbranched alkanes of at least 4 members (excludes halogenated alkanes) is 5. The molecular formula is C58H77F3N12O5S. The van der Waals surface area contributed by atoms with Crippen LogP contribution in [0.4, 0.5) is 30.4 Å². The van der Waals surface area contributed by atoms with Gasteiger partial charge in [-0.2, -0.15) is 0 Å². The zero-order valence-corrected chi connectivity index (χ0v) is 46.8. The van der Waals surface area contributed by atoms with Crippen molar-refractivity contribution in [1.82, 2.24) is 40.7 Å². The number of hydrogen-bond acceptors (Lipinski definition) is 13. The number of nitrogens with zero attached hydrogens (tertiary/aromatic N) is 6. The number of carbonyl (C=O) groups excluding carboxylic acids is 5. The van der Waals surface area contributed by atoms with Gasteiger partial charge in [0, 0.05) is 72.9 Å². The molecule has 4 fully saturated rings. The van der Waals surface area contributed by atoms with Crippen molar-refractivity contribution < 1.29 is 37.1 Å². The number of fused-ring (bicyclic) bond motifs is 2. The van der Waals surface area contributed by atoms with Crippen molar-refractivity contribution in [2.45, 2.75) is 175 Å². The first kappa shape index (κ1) is 59.0. The highest BCUT2D eigenvalue weighted by Crippen LogP contribution is 2.36. The lowest BCUT2D eigenvalue weighted by atomic mass is 9.83. The second kappa shape index (κ2) is 26.9. The highest BCUT2D eigenvalue weighted by atomic mass is 32.2. The van der Waals surface area contributed by atoms with Crippen LogP contribution in [0.3, 0.4) is 0 Å². The van der Waals surface area contributed by atoms with Gasteiger partial charge in [-0.3, -0.25) is 33.9 Å². The maximum atomic E-state index is 14.7. The SMILES string of the molecule is CN[C@H](C)C(=O)N[C@@H](C(=O)N1C[C@@H](NC(=O)c2ccc(N3CC4CCC(C3)N4CCCCCCCCC(=O)Nc3cccc(Sc4cnc(C5CCC(N)C(F)C5)cn4)c3)nc2)C[C@@H]1C(=O)Nc1c(F)cccc1F)C(C)(C)C. The second-order valence-corrected chi connectivity index (χ2v) is 23.9. The summed E-state index contributed by atoms with van der Waals surface area (Å²) in [6, 6.07) is 11.2.